The maximum Gasteiger partial charge on any atom is 0.144 e. The van der Waals surface area contributed by atoms with Crippen molar-refractivity contribution < 1.29 is 4.79 Å². The molecule has 0 aromatic carbocycles. The van der Waals surface area contributed by atoms with Crippen molar-refractivity contribution in [2.75, 3.05) is 0 Å². The second kappa shape index (κ2) is 1.76. The Morgan fingerprint density at radius 1 is 1.58 bits per heavy atom. The zero-order valence-electron chi connectivity index (χ0n) is 6.66. The molecule has 0 saturated heterocycles. The van der Waals surface area contributed by atoms with Crippen LogP contribution in [0.3, 0.4) is 0 Å². The first kappa shape index (κ1) is 6.35. The van der Waals surface area contributed by atoms with Gasteiger partial charge in [0, 0.05) is 18.8 Å². The second-order valence-electron chi connectivity index (χ2n) is 3.74. The minimum atomic E-state index is -0.0613. The summed E-state index contributed by atoms with van der Waals surface area (Å²) in [7, 11) is 0. The number of hydrogen-bond donors (Lipinski definition) is 0. The highest BCUT2D eigenvalue weighted by Crippen LogP contribution is 2.65. The first-order valence-corrected chi connectivity index (χ1v) is 4.28. The van der Waals surface area contributed by atoms with Gasteiger partial charge in [0.2, 0.25) is 0 Å². The van der Waals surface area contributed by atoms with Crippen LogP contribution >= 0.6 is 0 Å². The molecule has 0 aliphatic heterocycles. The van der Waals surface area contributed by atoms with Crippen LogP contribution in [-0.2, 0) is 10.2 Å². The number of carbonyl (C=O) groups is 1. The average molecular weight is 159 g/mol. The predicted molar refractivity (Wildman–Crippen MR) is 43.6 cm³/mol. The van der Waals surface area contributed by atoms with Crippen molar-refractivity contribution in [2.24, 2.45) is 5.92 Å². The molecule has 3 rings (SSSR count). The summed E-state index contributed by atoms with van der Waals surface area (Å²) in [6, 6.07) is 3.93. The molecule has 2 heteroatoms. The molecule has 1 heterocycles. The molecule has 2 atom stereocenters. The molecule has 2 unspecified atom stereocenters. The minimum Gasteiger partial charge on any atom is -0.299 e. The SMILES string of the molecule is O=C1CC2CC12c1cccnc1. The van der Waals surface area contributed by atoms with Crippen LogP contribution in [0.1, 0.15) is 18.4 Å². The van der Waals surface area contributed by atoms with Gasteiger partial charge in [-0.15, -0.1) is 0 Å². The van der Waals surface area contributed by atoms with Crippen LogP contribution in [0.2, 0.25) is 0 Å². The molecule has 1 aromatic heterocycles. The van der Waals surface area contributed by atoms with Gasteiger partial charge in [0.25, 0.3) is 0 Å². The number of rotatable bonds is 1. The van der Waals surface area contributed by atoms with Crippen molar-refractivity contribution in [2.45, 2.75) is 18.3 Å². The molecule has 0 N–H and O–H groups in total. The zero-order chi connectivity index (χ0) is 8.18. The highest BCUT2D eigenvalue weighted by molar-refractivity contribution is 6.01. The summed E-state index contributed by atoms with van der Waals surface area (Å²) in [6.07, 6.45) is 5.45. The van der Waals surface area contributed by atoms with E-state index in [-0.39, 0.29) is 5.41 Å². The van der Waals surface area contributed by atoms with Crippen LogP contribution in [0.4, 0.5) is 0 Å². The molecule has 0 radical (unpaired) electrons. The largest absolute Gasteiger partial charge is 0.299 e. The molecule has 2 nitrogen and oxygen atoms in total. The Kier molecular flexibility index (Phi) is 0.932. The lowest BCUT2D eigenvalue weighted by atomic mass is 9.78. The van der Waals surface area contributed by atoms with Crippen LogP contribution in [0.25, 0.3) is 0 Å². The maximum absolute atomic E-state index is 11.4. The van der Waals surface area contributed by atoms with Crippen LogP contribution < -0.4 is 0 Å². The summed E-state index contributed by atoms with van der Waals surface area (Å²) in [5.41, 5.74) is 1.07. The summed E-state index contributed by atoms with van der Waals surface area (Å²) in [6.45, 7) is 0. The highest BCUT2D eigenvalue weighted by Gasteiger charge is 2.68. The summed E-state index contributed by atoms with van der Waals surface area (Å²) in [5, 5.41) is 0. The standard InChI is InChI=1S/C10H9NO/c12-9-4-8-5-10(8,9)7-2-1-3-11-6-7/h1-3,6,8H,4-5H2. The smallest absolute Gasteiger partial charge is 0.144 e. The quantitative estimate of drug-likeness (QED) is 0.618. The average Bonchev–Trinajstić information content (AvgIpc) is 2.74. The number of nitrogens with zero attached hydrogens (tertiary/aromatic N) is 1. The molecular weight excluding hydrogens is 150 g/mol. The van der Waals surface area contributed by atoms with Crippen LogP contribution in [0, 0.1) is 5.92 Å². The van der Waals surface area contributed by atoms with Crippen molar-refractivity contribution in [1.29, 1.82) is 0 Å². The first-order valence-electron chi connectivity index (χ1n) is 4.28. The molecule has 2 saturated carbocycles. The Hall–Kier alpha value is -1.18. The third-order valence-electron chi connectivity index (χ3n) is 3.21. The number of fused-ring (bicyclic) bond motifs is 1. The lowest BCUT2D eigenvalue weighted by Gasteiger charge is -2.23. The third-order valence-corrected chi connectivity index (χ3v) is 3.21. The van der Waals surface area contributed by atoms with Gasteiger partial charge < -0.3 is 0 Å². The topological polar surface area (TPSA) is 30.0 Å². The number of aromatic nitrogens is 1. The molecule has 0 amide bonds. The van der Waals surface area contributed by atoms with E-state index in [1.54, 1.807) is 6.20 Å². The van der Waals surface area contributed by atoms with E-state index < -0.39 is 0 Å². The van der Waals surface area contributed by atoms with Crippen molar-refractivity contribution in [3.63, 3.8) is 0 Å². The van der Waals surface area contributed by atoms with Gasteiger partial charge >= 0.3 is 0 Å². The fraction of sp³-hybridized carbons (Fsp3) is 0.400. The molecule has 2 aliphatic carbocycles. The van der Waals surface area contributed by atoms with Gasteiger partial charge in [-0.05, 0) is 24.0 Å². The first-order chi connectivity index (χ1) is 5.84. The van der Waals surface area contributed by atoms with E-state index in [2.05, 4.69) is 4.98 Å². The van der Waals surface area contributed by atoms with Gasteiger partial charge in [0.15, 0.2) is 0 Å². The maximum atomic E-state index is 11.4. The van der Waals surface area contributed by atoms with Crippen molar-refractivity contribution in [1.82, 2.24) is 4.98 Å². The molecule has 60 valence electrons. The van der Waals surface area contributed by atoms with Crippen molar-refractivity contribution in [3.8, 4) is 0 Å². The molecule has 2 fully saturated rings. The molecule has 1 aromatic rings. The Morgan fingerprint density at radius 3 is 3.00 bits per heavy atom. The van der Waals surface area contributed by atoms with Gasteiger partial charge in [0.1, 0.15) is 5.78 Å². The molecule has 2 aliphatic rings. The number of hydrogen-bond acceptors (Lipinski definition) is 2. The molecule has 0 bridgehead atoms. The Labute approximate surface area is 70.6 Å². The van der Waals surface area contributed by atoms with Gasteiger partial charge in [-0.2, -0.15) is 0 Å². The monoisotopic (exact) mass is 159 g/mol. The lowest BCUT2D eigenvalue weighted by molar-refractivity contribution is -0.126. The van der Waals surface area contributed by atoms with E-state index >= 15 is 0 Å². The second-order valence-corrected chi connectivity index (χ2v) is 3.74. The van der Waals surface area contributed by atoms with Crippen LogP contribution in [0.5, 0.6) is 0 Å². The molecule has 0 spiro atoms. The van der Waals surface area contributed by atoms with Crippen LogP contribution in [-0.4, -0.2) is 10.8 Å². The molecular formula is C10H9NO. The van der Waals surface area contributed by atoms with E-state index in [1.807, 2.05) is 18.3 Å². The van der Waals surface area contributed by atoms with Crippen molar-refractivity contribution >= 4 is 5.78 Å². The molecule has 12 heavy (non-hydrogen) atoms. The van der Waals surface area contributed by atoms with Gasteiger partial charge in [0.05, 0.1) is 5.41 Å². The van der Waals surface area contributed by atoms with Gasteiger partial charge in [-0.25, -0.2) is 0 Å². The zero-order valence-corrected chi connectivity index (χ0v) is 6.66. The Balaban J connectivity index is 2.06. The van der Waals surface area contributed by atoms with Gasteiger partial charge in [-0.3, -0.25) is 9.78 Å². The highest BCUT2D eigenvalue weighted by atomic mass is 16.1. The van der Waals surface area contributed by atoms with E-state index in [4.69, 9.17) is 0 Å². The summed E-state index contributed by atoms with van der Waals surface area (Å²) in [4.78, 5) is 15.4. The summed E-state index contributed by atoms with van der Waals surface area (Å²) < 4.78 is 0. The normalized spacial score (nSPS) is 37.0. The van der Waals surface area contributed by atoms with Crippen molar-refractivity contribution in [3.05, 3.63) is 30.1 Å². The van der Waals surface area contributed by atoms with E-state index in [0.29, 0.717) is 11.7 Å². The fourth-order valence-corrected chi connectivity index (χ4v) is 2.33. The summed E-state index contributed by atoms with van der Waals surface area (Å²) in [5.74, 6) is 1.06. The van der Waals surface area contributed by atoms with E-state index in [1.165, 1.54) is 0 Å². The minimum absolute atomic E-state index is 0.0613. The Morgan fingerprint density at radius 2 is 2.50 bits per heavy atom. The predicted octanol–water partition coefficient (Wildman–Crippen LogP) is 1.31. The Bertz CT molecular complexity index is 346. The number of ketones is 1. The fourth-order valence-electron chi connectivity index (χ4n) is 2.33. The van der Waals surface area contributed by atoms with Gasteiger partial charge in [-0.1, -0.05) is 6.07 Å². The van der Waals surface area contributed by atoms with E-state index in [0.717, 1.165) is 18.4 Å². The third kappa shape index (κ3) is 0.533. The number of carbonyl (C=O) groups excluding carboxylic acids is 1. The van der Waals surface area contributed by atoms with Crippen LogP contribution in [0.15, 0.2) is 24.5 Å². The van der Waals surface area contributed by atoms with E-state index in [9.17, 15) is 4.79 Å². The summed E-state index contributed by atoms with van der Waals surface area (Å²) >= 11 is 0. The number of Topliss-reactive ketones (excluding diaryl/α,β-unsaturated/α-hetero) is 1. The lowest BCUT2D eigenvalue weighted by Crippen LogP contribution is -2.32. The number of pyridine rings is 1.